The number of aromatic nitrogens is 2. The highest BCUT2D eigenvalue weighted by Gasteiger charge is 2.30. The quantitative estimate of drug-likeness (QED) is 0.166. The maximum absolute atomic E-state index is 12.8. The molecule has 4 heterocycles. The molecule has 2 aliphatic rings. The van der Waals surface area contributed by atoms with E-state index in [1.165, 1.54) is 40.3 Å². The number of rotatable bonds is 8. The second kappa shape index (κ2) is 15.1. The third-order valence-electron chi connectivity index (χ3n) is 10.5. The summed E-state index contributed by atoms with van der Waals surface area (Å²) >= 11 is 0. The molecule has 262 valence electrons. The topological polar surface area (TPSA) is 82.8 Å². The molecule has 0 N–H and O–H groups in total. The molecule has 0 aliphatic carbocycles. The fraction of sp³-hybridized carbons (Fsp3) is 0.405. The van der Waals surface area contributed by atoms with Gasteiger partial charge < -0.3 is 28.3 Å². The maximum Gasteiger partial charge on any atom is 0.251 e. The van der Waals surface area contributed by atoms with Crippen LogP contribution in [0.3, 0.4) is 0 Å². The van der Waals surface area contributed by atoms with Gasteiger partial charge in [-0.25, -0.2) is 0 Å². The first kappa shape index (κ1) is 35.1. The molecule has 5 aromatic rings. The molecule has 50 heavy (non-hydrogen) atoms. The Labute approximate surface area is 294 Å². The Kier molecular flexibility index (Phi) is 10.6. The number of fused-ring (bicyclic) bond motifs is 3. The van der Waals surface area contributed by atoms with Crippen LogP contribution in [0.4, 0.5) is 0 Å². The average molecular weight is 676 g/mol. The Morgan fingerprint density at radius 2 is 1.28 bits per heavy atom. The third kappa shape index (κ3) is 7.86. The second-order valence-corrected chi connectivity index (χ2v) is 14.4. The van der Waals surface area contributed by atoms with Gasteiger partial charge in [0.25, 0.3) is 11.1 Å². The van der Waals surface area contributed by atoms with Gasteiger partial charge >= 0.3 is 0 Å². The number of ether oxygens (including phenoxy) is 2. The van der Waals surface area contributed by atoms with Crippen molar-refractivity contribution in [3.05, 3.63) is 115 Å². The van der Waals surface area contributed by atoms with E-state index in [0.29, 0.717) is 18.6 Å². The van der Waals surface area contributed by atoms with Crippen LogP contribution in [0.2, 0.25) is 0 Å². The summed E-state index contributed by atoms with van der Waals surface area (Å²) in [5, 5.41) is 2.20. The van der Waals surface area contributed by atoms with Crippen LogP contribution in [0.5, 0.6) is 11.5 Å². The second-order valence-electron chi connectivity index (χ2n) is 14.4. The number of piperidine rings is 1. The zero-order valence-electron chi connectivity index (χ0n) is 30.1. The normalized spacial score (nSPS) is 15.5. The van der Waals surface area contributed by atoms with Crippen molar-refractivity contribution < 1.29 is 14.3 Å². The highest BCUT2D eigenvalue weighted by atomic mass is 16.6. The molecule has 0 unspecified atom stereocenters. The standard InChI is InChI=1S/C29H36N2O3.C13H13NO2/c1-21-4-6-24-22(2)19-28(32)31(25(24)18-21)15-14-30-12-10-29(3,11-13-30)9-8-23-5-7-26-27(20-23)34-17-16-33-26;1-9-3-4-11-10(2)8-13(16)14(5-6-15)12(11)7-9/h4-7,18-20H,8-17H2,1-3H3;3-4,6-8H,5H2,1-2H3. The van der Waals surface area contributed by atoms with Crippen LogP contribution in [0.25, 0.3) is 21.8 Å². The predicted octanol–water partition coefficient (Wildman–Crippen LogP) is 6.94. The van der Waals surface area contributed by atoms with Crippen molar-refractivity contribution in [2.24, 2.45) is 5.41 Å². The lowest BCUT2D eigenvalue weighted by atomic mass is 9.76. The number of carbonyl (C=O) groups excluding carboxylic acids is 1. The van der Waals surface area contributed by atoms with Gasteiger partial charge in [0.05, 0.1) is 17.6 Å². The Morgan fingerprint density at radius 3 is 1.90 bits per heavy atom. The highest BCUT2D eigenvalue weighted by Crippen LogP contribution is 2.37. The fourth-order valence-corrected chi connectivity index (χ4v) is 7.31. The minimum Gasteiger partial charge on any atom is -0.486 e. The predicted molar refractivity (Wildman–Crippen MR) is 201 cm³/mol. The van der Waals surface area contributed by atoms with E-state index in [-0.39, 0.29) is 17.7 Å². The van der Waals surface area contributed by atoms with Crippen LogP contribution in [0.15, 0.2) is 76.3 Å². The number of hydrogen-bond donors (Lipinski definition) is 0. The van der Waals surface area contributed by atoms with Crippen LogP contribution in [-0.4, -0.2) is 53.2 Å². The van der Waals surface area contributed by atoms with E-state index in [9.17, 15) is 14.4 Å². The molecule has 2 aliphatic heterocycles. The molecule has 7 rings (SSSR count). The van der Waals surface area contributed by atoms with E-state index in [0.717, 1.165) is 83.5 Å². The summed E-state index contributed by atoms with van der Waals surface area (Å²) in [7, 11) is 0. The van der Waals surface area contributed by atoms with Crippen molar-refractivity contribution >= 4 is 28.1 Å². The van der Waals surface area contributed by atoms with Crippen molar-refractivity contribution in [1.82, 2.24) is 14.0 Å². The molecule has 8 heteroatoms. The third-order valence-corrected chi connectivity index (χ3v) is 10.5. The Balaban J connectivity index is 0.000000226. The summed E-state index contributed by atoms with van der Waals surface area (Å²) < 4.78 is 14.9. The molecule has 0 spiro atoms. The number of aldehydes is 1. The Morgan fingerprint density at radius 1 is 0.700 bits per heavy atom. The summed E-state index contributed by atoms with van der Waals surface area (Å²) in [5.74, 6) is 1.75. The first-order valence-corrected chi connectivity index (χ1v) is 17.8. The van der Waals surface area contributed by atoms with Crippen molar-refractivity contribution in [3.63, 3.8) is 0 Å². The number of nitrogens with zero attached hydrogens (tertiary/aromatic N) is 3. The molecule has 0 amide bonds. The van der Waals surface area contributed by atoms with Gasteiger partial charge in [0.1, 0.15) is 19.5 Å². The lowest BCUT2D eigenvalue weighted by molar-refractivity contribution is -0.108. The number of hydrogen-bond acceptors (Lipinski definition) is 6. The van der Waals surface area contributed by atoms with Gasteiger partial charge in [0.2, 0.25) is 0 Å². The van der Waals surface area contributed by atoms with Gasteiger partial charge in [-0.15, -0.1) is 0 Å². The van der Waals surface area contributed by atoms with Crippen LogP contribution in [-0.2, 0) is 24.3 Å². The van der Waals surface area contributed by atoms with Crippen LogP contribution in [0, 0.1) is 33.1 Å². The van der Waals surface area contributed by atoms with E-state index < -0.39 is 0 Å². The lowest BCUT2D eigenvalue weighted by Crippen LogP contribution is -2.41. The molecular formula is C42H49N3O5. The molecule has 3 aromatic carbocycles. The molecule has 1 fully saturated rings. The van der Waals surface area contributed by atoms with Gasteiger partial charge in [0, 0.05) is 36.0 Å². The molecule has 2 aromatic heterocycles. The van der Waals surface area contributed by atoms with Crippen molar-refractivity contribution in [1.29, 1.82) is 0 Å². The summed E-state index contributed by atoms with van der Waals surface area (Å²) in [6, 6.07) is 22.1. The Bertz CT molecular complexity index is 2140. The van der Waals surface area contributed by atoms with Gasteiger partial charge in [-0.2, -0.15) is 0 Å². The molecule has 0 bridgehead atoms. The highest BCUT2D eigenvalue weighted by molar-refractivity contribution is 5.84. The van der Waals surface area contributed by atoms with E-state index in [2.05, 4.69) is 49.1 Å². The molecular weight excluding hydrogens is 626 g/mol. The molecule has 0 radical (unpaired) electrons. The van der Waals surface area contributed by atoms with Crippen molar-refractivity contribution in [2.75, 3.05) is 32.8 Å². The summed E-state index contributed by atoms with van der Waals surface area (Å²) in [6.07, 6.45) is 5.39. The van der Waals surface area contributed by atoms with Crippen LogP contribution in [0.1, 0.15) is 54.0 Å². The Hall–Kier alpha value is -4.69. The van der Waals surface area contributed by atoms with Crippen LogP contribution >= 0.6 is 0 Å². The zero-order chi connectivity index (χ0) is 35.4. The fourth-order valence-electron chi connectivity index (χ4n) is 7.31. The van der Waals surface area contributed by atoms with Gasteiger partial charge in [-0.1, -0.05) is 37.3 Å². The summed E-state index contributed by atoms with van der Waals surface area (Å²) in [6.45, 7) is 15.7. The molecule has 0 atom stereocenters. The first-order valence-electron chi connectivity index (χ1n) is 17.8. The average Bonchev–Trinajstić information content (AvgIpc) is 3.10. The molecule has 8 nitrogen and oxygen atoms in total. The van der Waals surface area contributed by atoms with E-state index >= 15 is 0 Å². The van der Waals surface area contributed by atoms with E-state index in [1.54, 1.807) is 12.1 Å². The first-order chi connectivity index (χ1) is 24.0. The summed E-state index contributed by atoms with van der Waals surface area (Å²) in [5.41, 5.74) is 7.84. The monoisotopic (exact) mass is 675 g/mol. The van der Waals surface area contributed by atoms with E-state index in [4.69, 9.17) is 9.47 Å². The number of pyridine rings is 2. The molecule has 1 saturated heterocycles. The molecule has 0 saturated carbocycles. The summed E-state index contributed by atoms with van der Waals surface area (Å²) in [4.78, 5) is 37.6. The SMILES string of the molecule is Cc1ccc2c(C)cc(=O)n(CC=O)c2c1.Cc1ccc2c(C)cc(=O)n(CCN3CCC(C)(CCc4ccc5c(c4)OCCO5)CC3)c2c1. The largest absolute Gasteiger partial charge is 0.486 e. The smallest absolute Gasteiger partial charge is 0.251 e. The number of carbonyl (C=O) groups is 1. The van der Waals surface area contributed by atoms with Crippen LogP contribution < -0.4 is 20.6 Å². The van der Waals surface area contributed by atoms with Gasteiger partial charge in [-0.3, -0.25) is 9.59 Å². The van der Waals surface area contributed by atoms with E-state index in [1.807, 2.05) is 49.6 Å². The van der Waals surface area contributed by atoms with Gasteiger partial charge in [-0.05, 0) is 124 Å². The number of benzene rings is 3. The number of aryl methyl sites for hydroxylation is 5. The van der Waals surface area contributed by atoms with Crippen molar-refractivity contribution in [3.8, 4) is 11.5 Å². The zero-order valence-corrected chi connectivity index (χ0v) is 30.1. The number of likely N-dealkylation sites (tertiary alicyclic amines) is 1. The lowest BCUT2D eigenvalue weighted by Gasteiger charge is -2.39. The maximum atomic E-state index is 12.8. The minimum atomic E-state index is -0.122. The minimum absolute atomic E-state index is 0.108. The van der Waals surface area contributed by atoms with Crippen molar-refractivity contribution in [2.45, 2.75) is 73.4 Å². The van der Waals surface area contributed by atoms with Gasteiger partial charge in [0.15, 0.2) is 11.5 Å².